The van der Waals surface area contributed by atoms with Gasteiger partial charge in [0.2, 0.25) is 5.91 Å². The van der Waals surface area contributed by atoms with E-state index in [0.717, 1.165) is 12.3 Å². The molecule has 0 aromatic heterocycles. The topological polar surface area (TPSA) is 41.1 Å². The van der Waals surface area contributed by atoms with Gasteiger partial charge in [-0.15, -0.1) is 0 Å². The second-order valence-electron chi connectivity index (χ2n) is 4.53. The lowest BCUT2D eigenvalue weighted by Gasteiger charge is -2.41. The van der Waals surface area contributed by atoms with Crippen LogP contribution >= 0.6 is 0 Å². The minimum Gasteiger partial charge on any atom is -0.350 e. The average molecular weight is 182 g/mol. The highest BCUT2D eigenvalue weighted by Gasteiger charge is 2.35. The third kappa shape index (κ3) is 1.70. The van der Waals surface area contributed by atoms with Crippen LogP contribution in [0.1, 0.15) is 33.1 Å². The van der Waals surface area contributed by atoms with Crippen molar-refractivity contribution in [1.82, 2.24) is 10.6 Å². The van der Waals surface area contributed by atoms with E-state index >= 15 is 0 Å². The van der Waals surface area contributed by atoms with E-state index in [0.29, 0.717) is 12.1 Å². The highest BCUT2D eigenvalue weighted by atomic mass is 16.2. The normalized spacial score (nSPS) is 45.2. The molecule has 1 saturated heterocycles. The van der Waals surface area contributed by atoms with E-state index in [2.05, 4.69) is 17.6 Å². The largest absolute Gasteiger partial charge is 0.350 e. The molecule has 0 spiro atoms. The molecule has 0 aromatic carbocycles. The Morgan fingerprint density at radius 1 is 1.23 bits per heavy atom. The van der Waals surface area contributed by atoms with Gasteiger partial charge in [-0.25, -0.2) is 0 Å². The predicted octanol–water partition coefficient (Wildman–Crippen LogP) is 0.652. The summed E-state index contributed by atoms with van der Waals surface area (Å²) < 4.78 is 0. The van der Waals surface area contributed by atoms with Gasteiger partial charge in [0, 0.05) is 12.1 Å². The molecule has 74 valence electrons. The van der Waals surface area contributed by atoms with Crippen molar-refractivity contribution < 1.29 is 4.79 Å². The first-order valence-corrected chi connectivity index (χ1v) is 5.23. The number of hydrogen-bond acceptors (Lipinski definition) is 2. The number of carbonyl (C=O) groups is 1. The number of rotatable bonds is 0. The number of hydrogen-bond donors (Lipinski definition) is 2. The maximum atomic E-state index is 11.4. The minimum absolute atomic E-state index is 0.00782. The summed E-state index contributed by atoms with van der Waals surface area (Å²) in [6.07, 6.45) is 3.59. The zero-order valence-corrected chi connectivity index (χ0v) is 8.34. The Hall–Kier alpha value is -0.570. The summed E-state index contributed by atoms with van der Waals surface area (Å²) in [7, 11) is 0. The summed E-state index contributed by atoms with van der Waals surface area (Å²) in [6, 6.07) is 0.892. The van der Waals surface area contributed by atoms with Gasteiger partial charge in [-0.1, -0.05) is 6.92 Å². The van der Waals surface area contributed by atoms with Crippen LogP contribution in [0, 0.1) is 5.92 Å². The fraction of sp³-hybridized carbons (Fsp3) is 0.900. The first-order chi connectivity index (χ1) is 6.16. The monoisotopic (exact) mass is 182 g/mol. The zero-order chi connectivity index (χ0) is 9.42. The molecule has 0 bridgehead atoms. The molecule has 3 heteroatoms. The molecule has 1 aliphatic carbocycles. The number of amides is 1. The van der Waals surface area contributed by atoms with Gasteiger partial charge in [-0.2, -0.15) is 0 Å². The molecule has 13 heavy (non-hydrogen) atoms. The first kappa shape index (κ1) is 9.00. The highest BCUT2D eigenvalue weighted by Crippen LogP contribution is 2.26. The summed E-state index contributed by atoms with van der Waals surface area (Å²) in [5.41, 5.74) is 0. The molecule has 4 unspecified atom stereocenters. The third-order valence-corrected chi connectivity index (χ3v) is 3.30. The lowest BCUT2D eigenvalue weighted by molar-refractivity contribution is -0.126. The quantitative estimate of drug-likeness (QED) is 0.577. The van der Waals surface area contributed by atoms with Crippen LogP contribution in [0.3, 0.4) is 0 Å². The van der Waals surface area contributed by atoms with Crippen molar-refractivity contribution in [3.05, 3.63) is 0 Å². The van der Waals surface area contributed by atoms with Crippen molar-refractivity contribution in [2.45, 2.75) is 51.2 Å². The van der Waals surface area contributed by atoms with Crippen molar-refractivity contribution >= 4 is 5.91 Å². The van der Waals surface area contributed by atoms with E-state index in [9.17, 15) is 4.79 Å². The Morgan fingerprint density at radius 3 is 2.77 bits per heavy atom. The van der Waals surface area contributed by atoms with E-state index < -0.39 is 0 Å². The SMILES string of the molecule is CC1CCC2NC(=O)C(C)NC2C1. The van der Waals surface area contributed by atoms with Gasteiger partial charge in [0.05, 0.1) is 6.04 Å². The summed E-state index contributed by atoms with van der Waals surface area (Å²) in [5, 5.41) is 6.47. The lowest BCUT2D eigenvalue weighted by Crippen LogP contribution is -2.64. The van der Waals surface area contributed by atoms with Crippen LogP contribution in [0.25, 0.3) is 0 Å². The highest BCUT2D eigenvalue weighted by molar-refractivity contribution is 5.82. The van der Waals surface area contributed by atoms with E-state index in [4.69, 9.17) is 0 Å². The van der Waals surface area contributed by atoms with Gasteiger partial charge in [-0.3, -0.25) is 4.79 Å². The Morgan fingerprint density at radius 2 is 2.00 bits per heavy atom. The minimum atomic E-state index is -0.00782. The Kier molecular flexibility index (Phi) is 2.28. The second-order valence-corrected chi connectivity index (χ2v) is 4.53. The first-order valence-electron chi connectivity index (χ1n) is 5.23. The standard InChI is InChI=1S/C10H18N2O/c1-6-3-4-8-9(5-6)11-7(2)10(13)12-8/h6-9,11H,3-5H2,1-2H3,(H,12,13). The molecular weight excluding hydrogens is 164 g/mol. The fourth-order valence-corrected chi connectivity index (χ4v) is 2.44. The molecule has 0 radical (unpaired) electrons. The molecular formula is C10H18N2O. The van der Waals surface area contributed by atoms with Gasteiger partial charge in [-0.05, 0) is 32.1 Å². The zero-order valence-electron chi connectivity index (χ0n) is 8.34. The average Bonchev–Trinajstić information content (AvgIpc) is 2.08. The second kappa shape index (κ2) is 3.29. The number of piperazine rings is 1. The molecule has 0 aromatic rings. The van der Waals surface area contributed by atoms with Gasteiger partial charge >= 0.3 is 0 Å². The van der Waals surface area contributed by atoms with Crippen molar-refractivity contribution in [2.75, 3.05) is 0 Å². The van der Waals surface area contributed by atoms with Crippen molar-refractivity contribution in [3.8, 4) is 0 Å². The molecule has 1 saturated carbocycles. The van der Waals surface area contributed by atoms with Crippen LogP contribution in [0.15, 0.2) is 0 Å². The molecule has 2 fully saturated rings. The molecule has 1 amide bonds. The fourth-order valence-electron chi connectivity index (χ4n) is 2.44. The summed E-state index contributed by atoms with van der Waals surface area (Å²) >= 11 is 0. The summed E-state index contributed by atoms with van der Waals surface area (Å²) in [5.74, 6) is 0.965. The maximum Gasteiger partial charge on any atom is 0.237 e. The van der Waals surface area contributed by atoms with E-state index in [-0.39, 0.29) is 11.9 Å². The van der Waals surface area contributed by atoms with Crippen LogP contribution in [-0.4, -0.2) is 24.0 Å². The van der Waals surface area contributed by atoms with Crippen molar-refractivity contribution in [3.63, 3.8) is 0 Å². The number of carbonyl (C=O) groups excluding carboxylic acids is 1. The molecule has 2 aliphatic rings. The lowest BCUT2D eigenvalue weighted by atomic mass is 9.81. The molecule has 3 nitrogen and oxygen atoms in total. The van der Waals surface area contributed by atoms with Gasteiger partial charge in [0.1, 0.15) is 0 Å². The van der Waals surface area contributed by atoms with Crippen LogP contribution in [0.4, 0.5) is 0 Å². The van der Waals surface area contributed by atoms with E-state index in [1.165, 1.54) is 12.8 Å². The van der Waals surface area contributed by atoms with Crippen LogP contribution in [0.5, 0.6) is 0 Å². The third-order valence-electron chi connectivity index (χ3n) is 3.30. The molecule has 1 aliphatic heterocycles. The summed E-state index contributed by atoms with van der Waals surface area (Å²) in [4.78, 5) is 11.4. The number of fused-ring (bicyclic) bond motifs is 1. The predicted molar refractivity (Wildman–Crippen MR) is 51.3 cm³/mol. The summed E-state index contributed by atoms with van der Waals surface area (Å²) in [6.45, 7) is 4.23. The smallest absolute Gasteiger partial charge is 0.237 e. The number of nitrogens with one attached hydrogen (secondary N) is 2. The van der Waals surface area contributed by atoms with Gasteiger partial charge < -0.3 is 10.6 Å². The molecule has 2 rings (SSSR count). The molecule has 4 atom stereocenters. The van der Waals surface area contributed by atoms with Gasteiger partial charge in [0.25, 0.3) is 0 Å². The molecule has 2 N–H and O–H groups in total. The van der Waals surface area contributed by atoms with Crippen LogP contribution < -0.4 is 10.6 Å². The van der Waals surface area contributed by atoms with Crippen molar-refractivity contribution in [1.29, 1.82) is 0 Å². The molecule has 1 heterocycles. The van der Waals surface area contributed by atoms with E-state index in [1.807, 2.05) is 6.92 Å². The van der Waals surface area contributed by atoms with E-state index in [1.54, 1.807) is 0 Å². The van der Waals surface area contributed by atoms with Crippen LogP contribution in [-0.2, 0) is 4.79 Å². The maximum absolute atomic E-state index is 11.4. The Balaban J connectivity index is 2.02. The van der Waals surface area contributed by atoms with Gasteiger partial charge in [0.15, 0.2) is 0 Å². The van der Waals surface area contributed by atoms with Crippen LogP contribution in [0.2, 0.25) is 0 Å². The van der Waals surface area contributed by atoms with Crippen molar-refractivity contribution in [2.24, 2.45) is 5.92 Å². The Bertz CT molecular complexity index is 217. The Labute approximate surface area is 79.3 Å².